The minimum absolute atomic E-state index is 0.00292. The molecule has 0 radical (unpaired) electrons. The van der Waals surface area contributed by atoms with E-state index in [-0.39, 0.29) is 17.5 Å². The molecule has 1 amide bonds. The number of benzene rings is 2. The van der Waals surface area contributed by atoms with Crippen LogP contribution in [0.2, 0.25) is 0 Å². The van der Waals surface area contributed by atoms with Crippen LogP contribution in [-0.2, 0) is 12.6 Å². The van der Waals surface area contributed by atoms with Crippen molar-refractivity contribution in [1.82, 2.24) is 9.80 Å². The number of amides is 1. The maximum atomic E-state index is 13.0. The molecule has 5 aliphatic rings. The van der Waals surface area contributed by atoms with Gasteiger partial charge in [-0.3, -0.25) is 4.90 Å². The van der Waals surface area contributed by atoms with E-state index in [1.165, 1.54) is 17.7 Å². The number of nitrogens with zero attached hydrogens (tertiary/aromatic N) is 2. The Hall–Kier alpha value is -2.54. The second kappa shape index (κ2) is 7.74. The number of rotatable bonds is 3. The third kappa shape index (κ3) is 3.60. The zero-order chi connectivity index (χ0) is 23.7. The molecule has 4 nitrogen and oxygen atoms in total. The van der Waals surface area contributed by atoms with Crippen molar-refractivity contribution in [2.24, 2.45) is 11.3 Å². The monoisotopic (exact) mass is 470 g/mol. The van der Waals surface area contributed by atoms with Crippen LogP contribution in [0.4, 0.5) is 18.0 Å². The number of hydrogen-bond acceptors (Lipinski definition) is 2. The van der Waals surface area contributed by atoms with Crippen molar-refractivity contribution in [3.8, 4) is 11.1 Å². The Morgan fingerprint density at radius 1 is 1.00 bits per heavy atom. The normalized spacial score (nSPS) is 29.0. The number of halogens is 3. The summed E-state index contributed by atoms with van der Waals surface area (Å²) in [6.07, 6.45) is 0.873. The van der Waals surface area contributed by atoms with E-state index < -0.39 is 17.8 Å². The van der Waals surface area contributed by atoms with Gasteiger partial charge in [0.15, 0.2) is 0 Å². The Balaban J connectivity index is 1.40. The van der Waals surface area contributed by atoms with Crippen LogP contribution in [-0.4, -0.2) is 46.7 Å². The van der Waals surface area contributed by atoms with Crippen molar-refractivity contribution in [3.63, 3.8) is 0 Å². The van der Waals surface area contributed by atoms with E-state index in [4.69, 9.17) is 0 Å². The molecule has 7 rings (SSSR count). The summed E-state index contributed by atoms with van der Waals surface area (Å²) in [5, 5.41) is 10.5. The zero-order valence-corrected chi connectivity index (χ0v) is 19.0. The maximum Gasteiger partial charge on any atom is 0.416 e. The molecule has 2 aromatic rings. The lowest BCUT2D eigenvalue weighted by Gasteiger charge is -2.52. The Labute approximate surface area is 197 Å². The minimum Gasteiger partial charge on any atom is -0.465 e. The van der Waals surface area contributed by atoms with Crippen molar-refractivity contribution in [3.05, 3.63) is 59.2 Å². The van der Waals surface area contributed by atoms with Gasteiger partial charge in [-0.05, 0) is 103 Å². The van der Waals surface area contributed by atoms with Crippen LogP contribution in [0, 0.1) is 11.3 Å². The van der Waals surface area contributed by atoms with Gasteiger partial charge in [0.25, 0.3) is 0 Å². The number of aryl methyl sites for hydroxylation is 1. The molecule has 3 heterocycles. The van der Waals surface area contributed by atoms with Gasteiger partial charge >= 0.3 is 12.3 Å². The summed E-state index contributed by atoms with van der Waals surface area (Å²) >= 11 is 0. The lowest BCUT2D eigenvalue weighted by Crippen LogP contribution is -2.60. The highest BCUT2D eigenvalue weighted by Gasteiger charge is 2.57. The van der Waals surface area contributed by atoms with Crippen LogP contribution in [0.15, 0.2) is 42.5 Å². The fourth-order valence-corrected chi connectivity index (χ4v) is 6.78. The van der Waals surface area contributed by atoms with Crippen LogP contribution in [0.25, 0.3) is 11.1 Å². The van der Waals surface area contributed by atoms with Gasteiger partial charge in [-0.1, -0.05) is 24.3 Å². The molecule has 34 heavy (non-hydrogen) atoms. The number of carbonyl (C=O) groups is 1. The number of hydrogen-bond donors (Lipinski definition) is 1. The quantitative estimate of drug-likeness (QED) is 0.580. The summed E-state index contributed by atoms with van der Waals surface area (Å²) in [6, 6.07) is 11.1. The average molecular weight is 471 g/mol. The summed E-state index contributed by atoms with van der Waals surface area (Å²) in [5.41, 5.74) is 3.12. The molecule has 7 heteroatoms. The summed E-state index contributed by atoms with van der Waals surface area (Å²) in [5.74, 6) is 0.403. The Kier molecular flexibility index (Phi) is 5.00. The van der Waals surface area contributed by atoms with Crippen LogP contribution >= 0.6 is 0 Å². The molecule has 3 saturated heterocycles. The molecule has 2 atom stereocenters. The highest BCUT2D eigenvalue weighted by Crippen LogP contribution is 2.64. The van der Waals surface area contributed by atoms with E-state index in [9.17, 15) is 23.1 Å². The highest BCUT2D eigenvalue weighted by molar-refractivity contribution is 5.69. The molecule has 1 saturated carbocycles. The van der Waals surface area contributed by atoms with Gasteiger partial charge in [0.1, 0.15) is 0 Å². The number of carboxylic acid groups (broad SMARTS) is 1. The third-order valence-corrected chi connectivity index (χ3v) is 8.83. The number of alkyl halides is 3. The van der Waals surface area contributed by atoms with E-state index in [0.29, 0.717) is 5.92 Å². The van der Waals surface area contributed by atoms with Gasteiger partial charge in [-0.15, -0.1) is 0 Å². The minimum atomic E-state index is -4.37. The molecular weight excluding hydrogens is 441 g/mol. The average Bonchev–Trinajstić information content (AvgIpc) is 3.61. The van der Waals surface area contributed by atoms with Gasteiger partial charge in [0, 0.05) is 6.54 Å². The van der Waals surface area contributed by atoms with E-state index in [0.717, 1.165) is 87.0 Å². The van der Waals surface area contributed by atoms with E-state index in [1.807, 2.05) is 6.07 Å². The summed E-state index contributed by atoms with van der Waals surface area (Å²) in [6.45, 7) is 2.91. The van der Waals surface area contributed by atoms with E-state index in [2.05, 4.69) is 17.0 Å². The van der Waals surface area contributed by atoms with Gasteiger partial charge in [-0.2, -0.15) is 13.2 Å². The predicted molar refractivity (Wildman–Crippen MR) is 122 cm³/mol. The SMILES string of the molecule is O=C(O)N(C1CN2CCC1CC2)[C@@H]1c2cc(-c3ccc(C(F)(F)F)cc3)ccc2CCC12CC2. The molecule has 2 aliphatic carbocycles. The lowest BCUT2D eigenvalue weighted by molar-refractivity contribution is -0.137. The van der Waals surface area contributed by atoms with Crippen LogP contribution in [0.3, 0.4) is 0 Å². The van der Waals surface area contributed by atoms with Gasteiger partial charge in [-0.25, -0.2) is 4.79 Å². The van der Waals surface area contributed by atoms with Crippen molar-refractivity contribution in [2.75, 3.05) is 19.6 Å². The Bertz CT molecular complexity index is 1100. The maximum absolute atomic E-state index is 13.0. The molecule has 1 spiro atoms. The fraction of sp³-hybridized carbons (Fsp3) is 0.519. The smallest absolute Gasteiger partial charge is 0.416 e. The van der Waals surface area contributed by atoms with Gasteiger partial charge < -0.3 is 10.0 Å². The number of piperidine rings is 3. The van der Waals surface area contributed by atoms with Crippen LogP contribution < -0.4 is 0 Å². The first-order valence-corrected chi connectivity index (χ1v) is 12.3. The standard InChI is InChI=1S/C27H29F3N2O2/c28-27(29,30)21-5-3-17(4-6-21)20-2-1-18-7-10-26(11-12-26)24(22(18)15-20)32(25(33)34)23-16-31-13-8-19(23)9-14-31/h1-6,15,19,23-24H,7-14,16H2,(H,33,34)/t23?,24-/m1/s1. The molecule has 0 aromatic heterocycles. The zero-order valence-electron chi connectivity index (χ0n) is 19.0. The summed E-state index contributed by atoms with van der Waals surface area (Å²) in [4.78, 5) is 17.0. The first kappa shape index (κ1) is 22.0. The molecule has 1 N–H and O–H groups in total. The highest BCUT2D eigenvalue weighted by atomic mass is 19.4. The van der Waals surface area contributed by atoms with Crippen molar-refractivity contribution < 1.29 is 23.1 Å². The molecule has 4 fully saturated rings. The molecule has 2 bridgehead atoms. The Morgan fingerprint density at radius 2 is 1.68 bits per heavy atom. The second-order valence-electron chi connectivity index (χ2n) is 10.6. The third-order valence-electron chi connectivity index (χ3n) is 8.83. The number of fused-ring (bicyclic) bond motifs is 4. The largest absolute Gasteiger partial charge is 0.465 e. The van der Waals surface area contributed by atoms with Crippen LogP contribution in [0.1, 0.15) is 54.8 Å². The van der Waals surface area contributed by atoms with Crippen molar-refractivity contribution in [1.29, 1.82) is 0 Å². The topological polar surface area (TPSA) is 43.8 Å². The van der Waals surface area contributed by atoms with Crippen LogP contribution in [0.5, 0.6) is 0 Å². The molecule has 180 valence electrons. The fourth-order valence-electron chi connectivity index (χ4n) is 6.78. The molecular formula is C27H29F3N2O2. The van der Waals surface area contributed by atoms with Gasteiger partial charge in [0.05, 0.1) is 17.6 Å². The second-order valence-corrected chi connectivity index (χ2v) is 10.6. The predicted octanol–water partition coefficient (Wildman–Crippen LogP) is 6.21. The van der Waals surface area contributed by atoms with Crippen molar-refractivity contribution in [2.45, 2.75) is 56.8 Å². The molecule has 3 aliphatic heterocycles. The summed E-state index contributed by atoms with van der Waals surface area (Å²) in [7, 11) is 0. The molecule has 1 unspecified atom stereocenters. The van der Waals surface area contributed by atoms with E-state index >= 15 is 0 Å². The first-order chi connectivity index (χ1) is 16.2. The van der Waals surface area contributed by atoms with Crippen molar-refractivity contribution >= 4 is 6.09 Å². The van der Waals surface area contributed by atoms with E-state index in [1.54, 1.807) is 4.90 Å². The summed E-state index contributed by atoms with van der Waals surface area (Å²) < 4.78 is 39.1. The first-order valence-electron chi connectivity index (χ1n) is 12.3. The lowest BCUT2D eigenvalue weighted by atomic mass is 9.73. The van der Waals surface area contributed by atoms with Gasteiger partial charge in [0.2, 0.25) is 0 Å². The molecule has 2 aromatic carbocycles. The Morgan fingerprint density at radius 3 is 2.24 bits per heavy atom.